The molecule has 0 saturated carbocycles. The molecule has 3 heteroatoms. The first kappa shape index (κ1) is 11.9. The lowest BCUT2D eigenvalue weighted by molar-refractivity contribution is 0.104. The van der Waals surface area contributed by atoms with Crippen LogP contribution in [-0.4, -0.2) is 10.8 Å². The van der Waals surface area contributed by atoms with Gasteiger partial charge >= 0.3 is 0 Å². The van der Waals surface area contributed by atoms with E-state index in [1.807, 2.05) is 24.3 Å². The van der Waals surface area contributed by atoms with E-state index >= 15 is 0 Å². The number of nitrogens with zero attached hydrogens (tertiary/aromatic N) is 1. The fraction of sp³-hybridized carbons (Fsp3) is 0. The smallest absolute Gasteiger partial charge is 0.193 e. The topological polar surface area (TPSA) is 30.0 Å². The third-order valence-electron chi connectivity index (χ3n) is 3.02. The van der Waals surface area contributed by atoms with Crippen LogP contribution in [0, 0.1) is 0 Å². The maximum Gasteiger partial charge on any atom is 0.193 e. The van der Waals surface area contributed by atoms with Gasteiger partial charge in [0.15, 0.2) is 5.78 Å². The number of ketones is 1. The van der Waals surface area contributed by atoms with Crippen molar-refractivity contribution in [3.8, 4) is 0 Å². The minimum Gasteiger partial charge on any atom is -0.289 e. The van der Waals surface area contributed by atoms with Gasteiger partial charge in [-0.1, -0.05) is 41.9 Å². The number of aromatic nitrogens is 1. The number of carbonyl (C=O) groups is 1. The molecule has 0 N–H and O–H groups in total. The lowest BCUT2D eigenvalue weighted by atomic mass is 9.98. The first-order chi connectivity index (χ1) is 9.25. The molecule has 0 aliphatic heterocycles. The molecular weight excluding hydrogens is 258 g/mol. The maximum absolute atomic E-state index is 12.5. The molecule has 0 atom stereocenters. The molecule has 1 aromatic heterocycles. The van der Waals surface area contributed by atoms with Crippen LogP contribution >= 0.6 is 11.6 Å². The van der Waals surface area contributed by atoms with E-state index in [2.05, 4.69) is 4.98 Å². The number of halogens is 1. The van der Waals surface area contributed by atoms with E-state index in [-0.39, 0.29) is 5.78 Å². The standard InChI is InChI=1S/C16H10ClNO/c17-13-5-1-4-12(9-13)16(19)14-6-2-3-11-7-8-18-10-15(11)14/h1-10H. The second kappa shape index (κ2) is 4.82. The van der Waals surface area contributed by atoms with Crippen LogP contribution in [0.4, 0.5) is 0 Å². The van der Waals surface area contributed by atoms with Crippen LogP contribution in [0.25, 0.3) is 10.8 Å². The van der Waals surface area contributed by atoms with Gasteiger partial charge in [0, 0.05) is 33.9 Å². The van der Waals surface area contributed by atoms with Gasteiger partial charge in [0.05, 0.1) is 0 Å². The van der Waals surface area contributed by atoms with Crippen molar-refractivity contribution in [2.24, 2.45) is 0 Å². The lowest BCUT2D eigenvalue weighted by Crippen LogP contribution is -2.02. The average Bonchev–Trinajstić information content (AvgIpc) is 2.46. The van der Waals surface area contributed by atoms with E-state index in [0.29, 0.717) is 16.1 Å². The monoisotopic (exact) mass is 267 g/mol. The number of carbonyl (C=O) groups excluding carboxylic acids is 1. The third-order valence-corrected chi connectivity index (χ3v) is 3.25. The van der Waals surface area contributed by atoms with Gasteiger partial charge in [0.2, 0.25) is 0 Å². The first-order valence-electron chi connectivity index (χ1n) is 5.89. The highest BCUT2D eigenvalue weighted by Crippen LogP contribution is 2.21. The predicted molar refractivity (Wildman–Crippen MR) is 76.6 cm³/mol. The highest BCUT2D eigenvalue weighted by atomic mass is 35.5. The number of hydrogen-bond donors (Lipinski definition) is 0. The van der Waals surface area contributed by atoms with Crippen molar-refractivity contribution in [2.75, 3.05) is 0 Å². The molecule has 0 fully saturated rings. The summed E-state index contributed by atoms with van der Waals surface area (Å²) in [5.41, 5.74) is 1.23. The lowest BCUT2D eigenvalue weighted by Gasteiger charge is -2.05. The van der Waals surface area contributed by atoms with Crippen molar-refractivity contribution in [3.63, 3.8) is 0 Å². The van der Waals surface area contributed by atoms with Crippen molar-refractivity contribution in [2.45, 2.75) is 0 Å². The predicted octanol–water partition coefficient (Wildman–Crippen LogP) is 4.12. The van der Waals surface area contributed by atoms with E-state index < -0.39 is 0 Å². The van der Waals surface area contributed by atoms with Crippen LogP contribution in [0.15, 0.2) is 60.9 Å². The Balaban J connectivity index is 2.17. The van der Waals surface area contributed by atoms with Crippen molar-refractivity contribution in [1.29, 1.82) is 0 Å². The van der Waals surface area contributed by atoms with Crippen LogP contribution in [-0.2, 0) is 0 Å². The molecule has 0 aliphatic rings. The molecule has 0 bridgehead atoms. The third kappa shape index (κ3) is 2.23. The SMILES string of the molecule is O=C(c1cccc(Cl)c1)c1cccc2ccncc12. The summed E-state index contributed by atoms with van der Waals surface area (Å²) in [5, 5.41) is 2.42. The molecule has 0 radical (unpaired) electrons. The van der Waals surface area contributed by atoms with Gasteiger partial charge in [-0.15, -0.1) is 0 Å². The molecule has 92 valence electrons. The van der Waals surface area contributed by atoms with Gasteiger partial charge in [-0.3, -0.25) is 9.78 Å². The van der Waals surface area contributed by atoms with E-state index in [1.54, 1.807) is 36.7 Å². The second-order valence-corrected chi connectivity index (χ2v) is 4.68. The summed E-state index contributed by atoms with van der Waals surface area (Å²) < 4.78 is 0. The summed E-state index contributed by atoms with van der Waals surface area (Å²) in [4.78, 5) is 16.6. The van der Waals surface area contributed by atoms with Gasteiger partial charge < -0.3 is 0 Å². The molecule has 0 aliphatic carbocycles. The Morgan fingerprint density at radius 1 is 1.05 bits per heavy atom. The summed E-state index contributed by atoms with van der Waals surface area (Å²) >= 11 is 5.93. The number of pyridine rings is 1. The average molecular weight is 268 g/mol. The zero-order valence-electron chi connectivity index (χ0n) is 10.0. The van der Waals surface area contributed by atoms with Crippen LogP contribution in [0.5, 0.6) is 0 Å². The molecule has 2 nitrogen and oxygen atoms in total. The van der Waals surface area contributed by atoms with Gasteiger partial charge in [-0.2, -0.15) is 0 Å². The van der Waals surface area contributed by atoms with Gasteiger partial charge in [-0.05, 0) is 23.6 Å². The Morgan fingerprint density at radius 3 is 2.74 bits per heavy atom. The van der Waals surface area contributed by atoms with Crippen LogP contribution < -0.4 is 0 Å². The molecule has 0 spiro atoms. The minimum absolute atomic E-state index is 0.0406. The zero-order chi connectivity index (χ0) is 13.2. The van der Waals surface area contributed by atoms with E-state index in [9.17, 15) is 4.79 Å². The molecule has 3 aromatic rings. The Kier molecular flexibility index (Phi) is 3.02. The molecule has 0 unspecified atom stereocenters. The van der Waals surface area contributed by atoms with Crippen molar-refractivity contribution >= 4 is 28.2 Å². The fourth-order valence-corrected chi connectivity index (χ4v) is 2.29. The fourth-order valence-electron chi connectivity index (χ4n) is 2.10. The van der Waals surface area contributed by atoms with Crippen molar-refractivity contribution in [3.05, 3.63) is 77.1 Å². The summed E-state index contributed by atoms with van der Waals surface area (Å²) in [7, 11) is 0. The van der Waals surface area contributed by atoms with Crippen LogP contribution in [0.3, 0.4) is 0 Å². The zero-order valence-corrected chi connectivity index (χ0v) is 10.8. The molecular formula is C16H10ClNO. The summed E-state index contributed by atoms with van der Waals surface area (Å²) in [6.07, 6.45) is 3.43. The number of benzene rings is 2. The van der Waals surface area contributed by atoms with Gasteiger partial charge in [0.25, 0.3) is 0 Å². The number of hydrogen-bond acceptors (Lipinski definition) is 2. The highest BCUT2D eigenvalue weighted by molar-refractivity contribution is 6.31. The normalized spacial score (nSPS) is 10.6. The van der Waals surface area contributed by atoms with Gasteiger partial charge in [0.1, 0.15) is 0 Å². The first-order valence-corrected chi connectivity index (χ1v) is 6.26. The van der Waals surface area contributed by atoms with Crippen LogP contribution in [0.2, 0.25) is 5.02 Å². The Labute approximate surface area is 115 Å². The number of fused-ring (bicyclic) bond motifs is 1. The molecule has 0 saturated heterocycles. The summed E-state index contributed by atoms with van der Waals surface area (Å²) in [5.74, 6) is -0.0406. The van der Waals surface area contributed by atoms with E-state index in [4.69, 9.17) is 11.6 Å². The molecule has 0 amide bonds. The van der Waals surface area contributed by atoms with Gasteiger partial charge in [-0.25, -0.2) is 0 Å². The maximum atomic E-state index is 12.5. The molecule has 19 heavy (non-hydrogen) atoms. The molecule has 1 heterocycles. The Hall–Kier alpha value is -2.19. The largest absolute Gasteiger partial charge is 0.289 e. The molecule has 2 aromatic carbocycles. The van der Waals surface area contributed by atoms with E-state index in [1.165, 1.54) is 0 Å². The Bertz CT molecular complexity index is 762. The van der Waals surface area contributed by atoms with Crippen LogP contribution in [0.1, 0.15) is 15.9 Å². The minimum atomic E-state index is -0.0406. The molecule has 3 rings (SSSR count). The van der Waals surface area contributed by atoms with Crippen molar-refractivity contribution < 1.29 is 4.79 Å². The summed E-state index contributed by atoms with van der Waals surface area (Å²) in [6.45, 7) is 0. The summed E-state index contributed by atoms with van der Waals surface area (Å²) in [6, 6.07) is 14.5. The quantitative estimate of drug-likeness (QED) is 0.654. The van der Waals surface area contributed by atoms with E-state index in [0.717, 1.165) is 10.8 Å². The Morgan fingerprint density at radius 2 is 1.89 bits per heavy atom. The highest BCUT2D eigenvalue weighted by Gasteiger charge is 2.12. The number of rotatable bonds is 2. The second-order valence-electron chi connectivity index (χ2n) is 4.24. The van der Waals surface area contributed by atoms with Crippen molar-refractivity contribution in [1.82, 2.24) is 4.98 Å².